The lowest BCUT2D eigenvalue weighted by Crippen LogP contribution is -2.47. The lowest BCUT2D eigenvalue weighted by atomic mass is 9.95. The summed E-state index contributed by atoms with van der Waals surface area (Å²) in [6, 6.07) is 15.0. The third-order valence-corrected chi connectivity index (χ3v) is 6.26. The molecule has 2 aromatic carbocycles. The molecule has 4 amide bonds. The Morgan fingerprint density at radius 1 is 1.14 bits per heavy atom. The molecule has 2 atom stereocenters. The first kappa shape index (κ1) is 25.0. The van der Waals surface area contributed by atoms with Gasteiger partial charge in [-0.15, -0.1) is 6.58 Å². The fraction of sp³-hybridized carbons (Fsp3) is 0.321. The molecule has 0 saturated carbocycles. The van der Waals surface area contributed by atoms with Gasteiger partial charge >= 0.3 is 6.03 Å². The Balaban J connectivity index is 1.65. The van der Waals surface area contributed by atoms with Gasteiger partial charge in [-0.05, 0) is 42.7 Å². The van der Waals surface area contributed by atoms with E-state index < -0.39 is 12.1 Å². The third kappa shape index (κ3) is 5.12. The van der Waals surface area contributed by atoms with Crippen molar-refractivity contribution in [3.8, 4) is 11.5 Å². The molecule has 4 rings (SSSR count). The van der Waals surface area contributed by atoms with Gasteiger partial charge in [-0.25, -0.2) is 4.79 Å². The number of benzene rings is 2. The molecular formula is C28H32N4O4. The van der Waals surface area contributed by atoms with Crippen molar-refractivity contribution in [3.05, 3.63) is 84.1 Å². The van der Waals surface area contributed by atoms with Gasteiger partial charge in [0.1, 0.15) is 17.5 Å². The minimum atomic E-state index is -0.684. The minimum Gasteiger partial charge on any atom is -0.457 e. The Kier molecular flexibility index (Phi) is 7.43. The summed E-state index contributed by atoms with van der Waals surface area (Å²) < 4.78 is 5.97. The van der Waals surface area contributed by atoms with Crippen LogP contribution in [-0.2, 0) is 9.59 Å². The van der Waals surface area contributed by atoms with Gasteiger partial charge in [0.25, 0.3) is 5.91 Å². The van der Waals surface area contributed by atoms with Crippen LogP contribution in [0.4, 0.5) is 4.79 Å². The summed E-state index contributed by atoms with van der Waals surface area (Å²) in [6.07, 6.45) is 1.62. The van der Waals surface area contributed by atoms with Gasteiger partial charge in [-0.3, -0.25) is 14.5 Å². The maximum absolute atomic E-state index is 13.7. The normalized spacial score (nSPS) is 18.2. The van der Waals surface area contributed by atoms with Crippen molar-refractivity contribution in [2.45, 2.75) is 32.9 Å². The van der Waals surface area contributed by atoms with Gasteiger partial charge in [0.05, 0.1) is 23.9 Å². The van der Waals surface area contributed by atoms with Crippen molar-refractivity contribution in [3.63, 3.8) is 0 Å². The summed E-state index contributed by atoms with van der Waals surface area (Å²) in [5.74, 6) is 1.07. The zero-order valence-electron chi connectivity index (χ0n) is 20.9. The zero-order valence-corrected chi connectivity index (χ0v) is 20.9. The van der Waals surface area contributed by atoms with Gasteiger partial charge in [-0.2, -0.15) is 0 Å². The maximum atomic E-state index is 13.7. The highest BCUT2D eigenvalue weighted by Gasteiger charge is 2.46. The second-order valence-corrected chi connectivity index (χ2v) is 9.38. The Morgan fingerprint density at radius 2 is 1.86 bits per heavy atom. The Labute approximate surface area is 211 Å². The molecule has 2 unspecified atom stereocenters. The predicted molar refractivity (Wildman–Crippen MR) is 137 cm³/mol. The predicted octanol–water partition coefficient (Wildman–Crippen LogP) is 3.99. The van der Waals surface area contributed by atoms with E-state index in [1.165, 1.54) is 9.80 Å². The molecule has 0 aliphatic carbocycles. The Bertz CT molecular complexity index is 1190. The molecule has 2 heterocycles. The lowest BCUT2D eigenvalue weighted by Gasteiger charge is -2.33. The van der Waals surface area contributed by atoms with Crippen LogP contribution in [0.5, 0.6) is 11.5 Å². The summed E-state index contributed by atoms with van der Waals surface area (Å²) in [7, 11) is 0. The molecule has 188 valence electrons. The highest BCUT2D eigenvalue weighted by atomic mass is 16.5. The van der Waals surface area contributed by atoms with Gasteiger partial charge in [0.2, 0.25) is 5.91 Å². The quantitative estimate of drug-likeness (QED) is 0.522. The number of carbonyl (C=O) groups is 3. The molecule has 0 spiro atoms. The van der Waals surface area contributed by atoms with Crippen molar-refractivity contribution in [1.29, 1.82) is 0 Å². The summed E-state index contributed by atoms with van der Waals surface area (Å²) in [6.45, 7) is 10.4. The van der Waals surface area contributed by atoms with Crippen LogP contribution >= 0.6 is 0 Å². The molecule has 2 aliphatic rings. The van der Waals surface area contributed by atoms with Gasteiger partial charge in [0, 0.05) is 13.1 Å². The van der Waals surface area contributed by atoms with Crippen LogP contribution in [0, 0.1) is 5.92 Å². The molecule has 0 fully saturated rings. The number of urea groups is 1. The SMILES string of the molecule is C=CCN1C(=O)NC(c2cccc(Oc3ccccc3)c2)C2=C1CN(C(C)C(=O)NCC(C)C)C2=O. The van der Waals surface area contributed by atoms with Gasteiger partial charge < -0.3 is 20.3 Å². The molecule has 36 heavy (non-hydrogen) atoms. The number of carbonyl (C=O) groups excluding carboxylic acids is 3. The molecule has 2 aromatic rings. The first-order valence-corrected chi connectivity index (χ1v) is 12.1. The summed E-state index contributed by atoms with van der Waals surface area (Å²) in [5.41, 5.74) is 1.76. The van der Waals surface area contributed by atoms with Crippen molar-refractivity contribution in [1.82, 2.24) is 20.4 Å². The first-order chi connectivity index (χ1) is 17.3. The number of hydrogen-bond donors (Lipinski definition) is 2. The van der Waals surface area contributed by atoms with Crippen molar-refractivity contribution < 1.29 is 19.1 Å². The number of amides is 4. The number of nitrogens with one attached hydrogen (secondary N) is 2. The van der Waals surface area contributed by atoms with Gasteiger partial charge in [-0.1, -0.05) is 50.3 Å². The summed E-state index contributed by atoms with van der Waals surface area (Å²) in [4.78, 5) is 42.6. The van der Waals surface area contributed by atoms with Crippen molar-refractivity contribution in [2.75, 3.05) is 19.6 Å². The number of nitrogens with zero attached hydrogens (tertiary/aromatic N) is 2. The number of rotatable bonds is 9. The van der Waals surface area contributed by atoms with E-state index in [9.17, 15) is 14.4 Å². The molecule has 0 saturated heterocycles. The molecule has 0 aromatic heterocycles. The Hall–Kier alpha value is -4.07. The molecule has 2 aliphatic heterocycles. The average Bonchev–Trinajstić information content (AvgIpc) is 3.21. The van der Waals surface area contributed by atoms with E-state index in [0.29, 0.717) is 35.2 Å². The van der Waals surface area contributed by atoms with Gasteiger partial charge in [0.15, 0.2) is 0 Å². The molecule has 2 N–H and O–H groups in total. The summed E-state index contributed by atoms with van der Waals surface area (Å²) >= 11 is 0. The van der Waals surface area contributed by atoms with Crippen LogP contribution in [0.3, 0.4) is 0 Å². The molecular weight excluding hydrogens is 456 g/mol. The molecule has 8 nitrogen and oxygen atoms in total. The smallest absolute Gasteiger partial charge is 0.322 e. The van der Waals surface area contributed by atoms with E-state index in [2.05, 4.69) is 17.2 Å². The molecule has 0 radical (unpaired) electrons. The first-order valence-electron chi connectivity index (χ1n) is 12.1. The van der Waals surface area contributed by atoms with Crippen molar-refractivity contribution >= 4 is 17.8 Å². The van der Waals surface area contributed by atoms with Crippen LogP contribution in [0.2, 0.25) is 0 Å². The van der Waals surface area contributed by atoms with Crippen LogP contribution in [0.25, 0.3) is 0 Å². The number of hydrogen-bond acceptors (Lipinski definition) is 4. The third-order valence-electron chi connectivity index (χ3n) is 6.26. The number of ether oxygens (including phenoxy) is 1. The van der Waals surface area contributed by atoms with E-state index in [0.717, 1.165) is 5.56 Å². The average molecular weight is 489 g/mol. The standard InChI is InChI=1S/C28H32N4O4/c1-5-14-31-23-17-32(19(4)26(33)29-16-18(2)3)27(34)24(23)25(30-28(31)35)20-10-9-13-22(15-20)36-21-11-7-6-8-12-21/h5-13,15,18-19,25H,1,14,16-17H2,2-4H3,(H,29,33)(H,30,35). The fourth-order valence-corrected chi connectivity index (χ4v) is 4.37. The van der Waals surface area contributed by atoms with Crippen LogP contribution in [-0.4, -0.2) is 53.3 Å². The number of para-hydroxylation sites is 1. The van der Waals surface area contributed by atoms with Crippen molar-refractivity contribution in [2.24, 2.45) is 5.92 Å². The van der Waals surface area contributed by atoms with E-state index in [4.69, 9.17) is 4.74 Å². The minimum absolute atomic E-state index is 0.169. The summed E-state index contributed by atoms with van der Waals surface area (Å²) in [5, 5.41) is 5.87. The Morgan fingerprint density at radius 3 is 2.56 bits per heavy atom. The maximum Gasteiger partial charge on any atom is 0.322 e. The lowest BCUT2D eigenvalue weighted by molar-refractivity contribution is -0.135. The topological polar surface area (TPSA) is 91.0 Å². The monoisotopic (exact) mass is 488 g/mol. The second-order valence-electron chi connectivity index (χ2n) is 9.38. The van der Waals surface area contributed by atoms with E-state index in [1.54, 1.807) is 13.0 Å². The van der Waals surface area contributed by atoms with E-state index in [-0.39, 0.29) is 30.9 Å². The highest BCUT2D eigenvalue weighted by molar-refractivity contribution is 6.03. The van der Waals surface area contributed by atoms with E-state index >= 15 is 0 Å². The largest absolute Gasteiger partial charge is 0.457 e. The van der Waals surface area contributed by atoms with Crippen LogP contribution in [0.1, 0.15) is 32.4 Å². The highest BCUT2D eigenvalue weighted by Crippen LogP contribution is 2.38. The second kappa shape index (κ2) is 10.7. The molecule has 0 bridgehead atoms. The van der Waals surface area contributed by atoms with E-state index in [1.807, 2.05) is 68.4 Å². The fourth-order valence-electron chi connectivity index (χ4n) is 4.37. The van der Waals surface area contributed by atoms with Crippen LogP contribution in [0.15, 0.2) is 78.5 Å². The zero-order chi connectivity index (χ0) is 25.8. The molecule has 8 heteroatoms. The van der Waals surface area contributed by atoms with Crippen LogP contribution < -0.4 is 15.4 Å².